The largest absolute Gasteiger partial charge is 0.508 e. The first-order valence-electron chi connectivity index (χ1n) is 12.6. The van der Waals surface area contributed by atoms with E-state index in [0.717, 1.165) is 24.8 Å². The number of hydroxylamine groups is 1. The number of rotatable bonds is 14. The van der Waals surface area contributed by atoms with Gasteiger partial charge in [0.2, 0.25) is 0 Å². The van der Waals surface area contributed by atoms with Gasteiger partial charge in [-0.2, -0.15) is 0 Å². The number of alkyl halides is 1. The van der Waals surface area contributed by atoms with Crippen molar-refractivity contribution in [3.8, 4) is 11.5 Å². The number of nitrogens with zero attached hydrogens (tertiary/aromatic N) is 1. The standard InChI is InChI=1S/C28H41ClN2O4/c1-5-6-7-8-12-15-22(35-23-17-19-26(32)24(20-23)28(2,3)4)16-18-25(29)27(33)31(34)30-21-13-10-9-11-14-21/h9-11,13-14,17,19-20,22,25,30,32,34H,5-8,12,15-16,18H2,1-4H3. The van der Waals surface area contributed by atoms with Crippen LogP contribution < -0.4 is 10.2 Å². The van der Waals surface area contributed by atoms with E-state index in [1.165, 1.54) is 19.3 Å². The Morgan fingerprint density at radius 2 is 1.71 bits per heavy atom. The molecule has 35 heavy (non-hydrogen) atoms. The molecule has 0 saturated carbocycles. The average molecular weight is 505 g/mol. The van der Waals surface area contributed by atoms with Gasteiger partial charge in [-0.1, -0.05) is 71.6 Å². The van der Waals surface area contributed by atoms with Crippen LogP contribution in [0.25, 0.3) is 0 Å². The summed E-state index contributed by atoms with van der Waals surface area (Å²) in [5, 5.41) is 20.0. The van der Waals surface area contributed by atoms with Crippen molar-refractivity contribution in [1.82, 2.24) is 5.17 Å². The molecular weight excluding hydrogens is 464 g/mol. The molecule has 0 spiro atoms. The number of carbonyl (C=O) groups excluding carboxylic acids is 1. The lowest BCUT2D eigenvalue weighted by Crippen LogP contribution is -2.38. The van der Waals surface area contributed by atoms with Crippen molar-refractivity contribution >= 4 is 23.2 Å². The summed E-state index contributed by atoms with van der Waals surface area (Å²) in [6, 6.07) is 14.3. The molecule has 2 rings (SSSR count). The molecule has 1 amide bonds. The number of carbonyl (C=O) groups is 1. The topological polar surface area (TPSA) is 82.0 Å². The zero-order valence-corrected chi connectivity index (χ0v) is 22.2. The summed E-state index contributed by atoms with van der Waals surface area (Å²) >= 11 is 6.37. The van der Waals surface area contributed by atoms with Gasteiger partial charge in [0.25, 0.3) is 5.91 Å². The lowest BCUT2D eigenvalue weighted by atomic mass is 9.86. The summed E-state index contributed by atoms with van der Waals surface area (Å²) in [5.74, 6) is 0.330. The second-order valence-corrected chi connectivity index (χ2v) is 10.6. The molecule has 0 aromatic heterocycles. The second kappa shape index (κ2) is 14.2. The number of benzene rings is 2. The third-order valence-corrected chi connectivity index (χ3v) is 6.34. The fraction of sp³-hybridized carbons (Fsp3) is 0.536. The van der Waals surface area contributed by atoms with E-state index in [2.05, 4.69) is 12.3 Å². The number of ether oxygens (including phenoxy) is 1. The Morgan fingerprint density at radius 3 is 2.37 bits per heavy atom. The first-order chi connectivity index (χ1) is 16.6. The van der Waals surface area contributed by atoms with Crippen molar-refractivity contribution in [3.05, 3.63) is 54.1 Å². The minimum absolute atomic E-state index is 0.128. The van der Waals surface area contributed by atoms with E-state index in [0.29, 0.717) is 29.5 Å². The average Bonchev–Trinajstić information content (AvgIpc) is 2.82. The van der Waals surface area contributed by atoms with Crippen LogP contribution in [0.1, 0.15) is 84.6 Å². The normalized spacial score (nSPS) is 13.2. The molecule has 2 unspecified atom stereocenters. The molecule has 0 heterocycles. The van der Waals surface area contributed by atoms with Crippen LogP contribution in [0.3, 0.4) is 0 Å². The first-order valence-corrected chi connectivity index (χ1v) is 13.0. The van der Waals surface area contributed by atoms with Crippen LogP contribution in [0, 0.1) is 0 Å². The quantitative estimate of drug-likeness (QED) is 0.108. The number of halogens is 1. The predicted octanol–water partition coefficient (Wildman–Crippen LogP) is 7.43. The fourth-order valence-corrected chi connectivity index (χ4v) is 4.12. The molecule has 0 fully saturated rings. The third kappa shape index (κ3) is 9.98. The predicted molar refractivity (Wildman–Crippen MR) is 142 cm³/mol. The van der Waals surface area contributed by atoms with Gasteiger partial charge in [0, 0.05) is 5.56 Å². The highest BCUT2D eigenvalue weighted by atomic mass is 35.5. The Kier molecular flexibility index (Phi) is 11.7. The number of nitrogens with one attached hydrogen (secondary N) is 1. The van der Waals surface area contributed by atoms with E-state index >= 15 is 0 Å². The lowest BCUT2D eigenvalue weighted by Gasteiger charge is -2.25. The molecule has 7 heteroatoms. The smallest absolute Gasteiger partial charge is 0.284 e. The highest BCUT2D eigenvalue weighted by Gasteiger charge is 2.24. The molecule has 194 valence electrons. The van der Waals surface area contributed by atoms with Crippen molar-refractivity contribution < 1.29 is 19.8 Å². The van der Waals surface area contributed by atoms with Crippen molar-refractivity contribution in [2.45, 2.75) is 96.0 Å². The minimum atomic E-state index is -0.896. The van der Waals surface area contributed by atoms with Gasteiger partial charge in [-0.05, 0) is 61.4 Å². The van der Waals surface area contributed by atoms with Gasteiger partial charge in [0.05, 0.1) is 11.8 Å². The fourth-order valence-electron chi connectivity index (χ4n) is 3.90. The number of hydrazine groups is 1. The number of hydrogen-bond acceptors (Lipinski definition) is 5. The Hall–Kier alpha value is -2.44. The van der Waals surface area contributed by atoms with Crippen molar-refractivity contribution in [2.24, 2.45) is 0 Å². The van der Waals surface area contributed by atoms with Gasteiger partial charge in [-0.25, -0.2) is 0 Å². The van der Waals surface area contributed by atoms with Crippen molar-refractivity contribution in [3.63, 3.8) is 0 Å². The molecule has 2 aromatic carbocycles. The maximum atomic E-state index is 12.6. The minimum Gasteiger partial charge on any atom is -0.508 e. The molecule has 0 bridgehead atoms. The van der Waals surface area contributed by atoms with E-state index in [9.17, 15) is 15.1 Å². The number of hydrogen-bond donors (Lipinski definition) is 3. The van der Waals surface area contributed by atoms with E-state index in [1.807, 2.05) is 32.9 Å². The number of phenolic OH excluding ortho intramolecular Hbond substituents is 1. The van der Waals surface area contributed by atoms with Crippen LogP contribution in [0.5, 0.6) is 11.5 Å². The summed E-state index contributed by atoms with van der Waals surface area (Å²) < 4.78 is 6.33. The molecule has 0 radical (unpaired) electrons. The number of aromatic hydroxyl groups is 1. The maximum absolute atomic E-state index is 12.6. The molecule has 0 aliphatic heterocycles. The highest BCUT2D eigenvalue weighted by molar-refractivity contribution is 6.30. The number of unbranched alkanes of at least 4 members (excludes halogenated alkanes) is 4. The molecule has 2 aromatic rings. The van der Waals surface area contributed by atoms with Crippen LogP contribution in [0.2, 0.25) is 0 Å². The Morgan fingerprint density at radius 1 is 1.03 bits per heavy atom. The zero-order valence-electron chi connectivity index (χ0n) is 21.5. The van der Waals surface area contributed by atoms with Crippen molar-refractivity contribution in [1.29, 1.82) is 0 Å². The number of anilines is 1. The van der Waals surface area contributed by atoms with Crippen LogP contribution in [0.4, 0.5) is 5.69 Å². The summed E-state index contributed by atoms with van der Waals surface area (Å²) in [5.41, 5.74) is 3.82. The first kappa shape index (κ1) is 28.8. The van der Waals surface area contributed by atoms with E-state index in [4.69, 9.17) is 16.3 Å². The zero-order chi connectivity index (χ0) is 25.8. The lowest BCUT2D eigenvalue weighted by molar-refractivity contribution is -0.159. The van der Waals surface area contributed by atoms with Gasteiger partial charge in [0.1, 0.15) is 16.9 Å². The van der Waals surface area contributed by atoms with E-state index in [-0.39, 0.29) is 17.3 Å². The summed E-state index contributed by atoms with van der Waals surface area (Å²) in [6.07, 6.45) is 7.40. The molecule has 0 saturated heterocycles. The van der Waals surface area contributed by atoms with E-state index < -0.39 is 11.3 Å². The molecule has 6 nitrogen and oxygen atoms in total. The Balaban J connectivity index is 2.00. The van der Waals surface area contributed by atoms with Crippen LogP contribution in [-0.4, -0.2) is 32.9 Å². The number of phenols is 1. The SMILES string of the molecule is CCCCCCCC(CCC(Cl)C(=O)N(O)Nc1ccccc1)Oc1ccc(O)c(C(C)(C)C)c1. The second-order valence-electron chi connectivity index (χ2n) is 10.0. The van der Waals surface area contributed by atoms with Crippen molar-refractivity contribution in [2.75, 3.05) is 5.43 Å². The number of para-hydroxylation sites is 1. The highest BCUT2D eigenvalue weighted by Crippen LogP contribution is 2.34. The molecule has 0 aliphatic rings. The van der Waals surface area contributed by atoms with Gasteiger partial charge in [0.15, 0.2) is 0 Å². The van der Waals surface area contributed by atoms with E-state index in [1.54, 1.807) is 36.4 Å². The van der Waals surface area contributed by atoms with Crippen LogP contribution in [-0.2, 0) is 10.2 Å². The number of amides is 1. The summed E-state index contributed by atoms with van der Waals surface area (Å²) in [7, 11) is 0. The van der Waals surface area contributed by atoms with Gasteiger partial charge in [-0.15, -0.1) is 16.8 Å². The summed E-state index contributed by atoms with van der Waals surface area (Å²) in [4.78, 5) is 12.6. The van der Waals surface area contributed by atoms with Crippen LogP contribution in [0.15, 0.2) is 48.5 Å². The Bertz CT molecular complexity index is 902. The summed E-state index contributed by atoms with van der Waals surface area (Å²) in [6.45, 7) is 8.33. The Labute approximate surface area is 215 Å². The van der Waals surface area contributed by atoms with Gasteiger partial charge < -0.3 is 9.84 Å². The van der Waals surface area contributed by atoms with Gasteiger partial charge >= 0.3 is 0 Å². The maximum Gasteiger partial charge on any atom is 0.284 e. The van der Waals surface area contributed by atoms with Gasteiger partial charge in [-0.3, -0.25) is 15.4 Å². The molecular formula is C28H41ClN2O4. The third-order valence-electron chi connectivity index (χ3n) is 5.94. The molecule has 0 aliphatic carbocycles. The monoisotopic (exact) mass is 504 g/mol. The van der Waals surface area contributed by atoms with Crippen LogP contribution >= 0.6 is 11.6 Å². The molecule has 2 atom stereocenters. The molecule has 3 N–H and O–H groups in total.